The van der Waals surface area contributed by atoms with Crippen LogP contribution >= 0.6 is 0 Å². The summed E-state index contributed by atoms with van der Waals surface area (Å²) in [5, 5.41) is 0. The Morgan fingerprint density at radius 1 is 0.950 bits per heavy atom. The van der Waals surface area contributed by atoms with Crippen LogP contribution < -0.4 is 0 Å². The monoisotopic (exact) mass is 273 g/mol. The van der Waals surface area contributed by atoms with E-state index in [1.807, 2.05) is 0 Å². The Hall–Kier alpha value is -1.26. The Labute approximate surface area is 126 Å². The number of nitrogens with zero attached hydrogens (tertiary/aromatic N) is 1. The molecular formula is C19H31N. The van der Waals surface area contributed by atoms with Crippen molar-refractivity contribution in [1.82, 2.24) is 4.90 Å². The van der Waals surface area contributed by atoms with Gasteiger partial charge in [0.15, 0.2) is 0 Å². The topological polar surface area (TPSA) is 3.24 Å². The minimum absolute atomic E-state index is 0.715. The second-order valence-corrected chi connectivity index (χ2v) is 5.86. The van der Waals surface area contributed by atoms with Crippen LogP contribution in [0.5, 0.6) is 0 Å². The molecule has 20 heavy (non-hydrogen) atoms. The molecule has 0 saturated heterocycles. The molecule has 0 saturated carbocycles. The van der Waals surface area contributed by atoms with Crippen molar-refractivity contribution in [2.45, 2.75) is 53.4 Å². The van der Waals surface area contributed by atoms with Gasteiger partial charge in [-0.1, -0.05) is 40.9 Å². The third-order valence-electron chi connectivity index (χ3n) is 3.24. The van der Waals surface area contributed by atoms with Crippen LogP contribution in [0.15, 0.2) is 34.9 Å². The molecule has 0 fully saturated rings. The largest absolute Gasteiger partial charge is 0.292 e. The highest BCUT2D eigenvalue weighted by atomic mass is 15.1. The van der Waals surface area contributed by atoms with Crippen LogP contribution in [0.3, 0.4) is 0 Å². The normalized spacial score (nSPS) is 12.4. The molecule has 0 aliphatic carbocycles. The smallest absolute Gasteiger partial charge is 0.0599 e. The Morgan fingerprint density at radius 3 is 2.05 bits per heavy atom. The number of hydrogen-bond donors (Lipinski definition) is 0. The highest BCUT2D eigenvalue weighted by Crippen LogP contribution is 2.11. The molecule has 0 aromatic heterocycles. The zero-order valence-electron chi connectivity index (χ0n) is 14.0. The van der Waals surface area contributed by atoms with E-state index in [0.717, 1.165) is 25.8 Å². The van der Waals surface area contributed by atoms with E-state index in [2.05, 4.69) is 63.8 Å². The molecule has 0 aromatic rings. The number of rotatable bonds is 9. The van der Waals surface area contributed by atoms with Crippen LogP contribution in [0.2, 0.25) is 0 Å². The van der Waals surface area contributed by atoms with Gasteiger partial charge in [-0.3, -0.25) is 4.90 Å². The Bertz CT molecular complexity index is 386. The van der Waals surface area contributed by atoms with E-state index in [1.165, 1.54) is 23.1 Å². The van der Waals surface area contributed by atoms with E-state index < -0.39 is 0 Å². The summed E-state index contributed by atoms with van der Waals surface area (Å²) in [7, 11) is 2.05. The minimum Gasteiger partial charge on any atom is -0.292 e. The summed E-state index contributed by atoms with van der Waals surface area (Å²) in [5.74, 6) is 2.66. The molecule has 0 bridgehead atoms. The van der Waals surface area contributed by atoms with Crippen molar-refractivity contribution in [3.05, 3.63) is 34.9 Å². The van der Waals surface area contributed by atoms with Crippen LogP contribution in [-0.4, -0.2) is 25.0 Å². The van der Waals surface area contributed by atoms with Crippen molar-refractivity contribution in [3.63, 3.8) is 0 Å². The molecule has 0 atom stereocenters. The molecule has 0 aliphatic heterocycles. The van der Waals surface area contributed by atoms with Gasteiger partial charge in [-0.05, 0) is 60.4 Å². The van der Waals surface area contributed by atoms with Gasteiger partial charge in [-0.25, -0.2) is 0 Å². The predicted octanol–water partition coefficient (Wildman–Crippen LogP) is 4.97. The molecule has 112 valence electrons. The molecule has 0 spiro atoms. The highest BCUT2D eigenvalue weighted by Gasteiger charge is 1.94. The number of terminal acetylenes is 1. The number of likely N-dealkylation sites (N-methyl/N-ethyl adjacent to an activating group) is 1. The maximum atomic E-state index is 5.28. The first-order chi connectivity index (χ1) is 9.45. The summed E-state index contributed by atoms with van der Waals surface area (Å²) in [5.41, 5.74) is 4.36. The predicted molar refractivity (Wildman–Crippen MR) is 91.7 cm³/mol. The fourth-order valence-corrected chi connectivity index (χ4v) is 1.87. The van der Waals surface area contributed by atoms with Crippen LogP contribution in [0.1, 0.15) is 53.4 Å². The molecule has 0 aliphatic rings. The molecule has 0 amide bonds. The van der Waals surface area contributed by atoms with E-state index in [4.69, 9.17) is 6.42 Å². The van der Waals surface area contributed by atoms with Crippen molar-refractivity contribution >= 4 is 0 Å². The lowest BCUT2D eigenvalue weighted by atomic mass is 10.1. The van der Waals surface area contributed by atoms with Crippen molar-refractivity contribution in [2.24, 2.45) is 0 Å². The molecule has 1 heteroatoms. The Morgan fingerprint density at radius 2 is 1.50 bits per heavy atom. The zero-order chi connectivity index (χ0) is 15.4. The summed E-state index contributed by atoms with van der Waals surface area (Å²) >= 11 is 0. The minimum atomic E-state index is 0.715. The van der Waals surface area contributed by atoms with Gasteiger partial charge in [0.1, 0.15) is 0 Å². The van der Waals surface area contributed by atoms with E-state index in [-0.39, 0.29) is 0 Å². The first kappa shape index (κ1) is 18.7. The molecule has 0 aromatic carbocycles. The third kappa shape index (κ3) is 11.8. The van der Waals surface area contributed by atoms with Gasteiger partial charge in [0.05, 0.1) is 6.54 Å². The fraction of sp³-hybridized carbons (Fsp3) is 0.579. The average Bonchev–Trinajstić information content (AvgIpc) is 2.36. The summed E-state index contributed by atoms with van der Waals surface area (Å²) in [6.07, 6.45) is 16.9. The molecule has 1 nitrogen and oxygen atoms in total. The van der Waals surface area contributed by atoms with Gasteiger partial charge < -0.3 is 0 Å². The molecule has 0 unspecified atom stereocenters. The first-order valence-corrected chi connectivity index (χ1v) is 7.52. The standard InChI is InChI=1S/C19H31N/c1-7-15-20(6)16-14-19(5)13-9-12-18(4)11-8-10-17(2)3/h1,10,12,14H,8-9,11,13,15-16H2,2-6H3/b18-12+,19-14+. The van der Waals surface area contributed by atoms with E-state index in [0.29, 0.717) is 6.54 Å². The Balaban J connectivity index is 3.94. The second kappa shape index (κ2) is 11.6. The van der Waals surface area contributed by atoms with Crippen molar-refractivity contribution < 1.29 is 0 Å². The summed E-state index contributed by atoms with van der Waals surface area (Å²) in [4.78, 5) is 2.14. The molecule has 0 heterocycles. The van der Waals surface area contributed by atoms with Crippen LogP contribution in [0, 0.1) is 12.3 Å². The molecule has 0 rings (SSSR count). The van der Waals surface area contributed by atoms with Crippen LogP contribution in [0.25, 0.3) is 0 Å². The Kier molecular flexibility index (Phi) is 10.8. The van der Waals surface area contributed by atoms with Gasteiger partial charge >= 0.3 is 0 Å². The lowest BCUT2D eigenvalue weighted by Crippen LogP contribution is -2.18. The quantitative estimate of drug-likeness (QED) is 0.423. The van der Waals surface area contributed by atoms with Gasteiger partial charge in [0.25, 0.3) is 0 Å². The van der Waals surface area contributed by atoms with E-state index in [1.54, 1.807) is 0 Å². The molecule has 0 N–H and O–H groups in total. The van der Waals surface area contributed by atoms with Crippen LogP contribution in [-0.2, 0) is 0 Å². The summed E-state index contributed by atoms with van der Waals surface area (Å²) in [6.45, 7) is 10.4. The number of hydrogen-bond acceptors (Lipinski definition) is 1. The van der Waals surface area contributed by atoms with Crippen molar-refractivity contribution in [2.75, 3.05) is 20.1 Å². The second-order valence-electron chi connectivity index (χ2n) is 5.86. The average molecular weight is 273 g/mol. The fourth-order valence-electron chi connectivity index (χ4n) is 1.87. The SMILES string of the molecule is C#CCN(C)C/C=C(\C)CC/C=C(\C)CCC=C(C)C. The van der Waals surface area contributed by atoms with Gasteiger partial charge in [-0.15, -0.1) is 6.42 Å². The number of allylic oxidation sites excluding steroid dienone is 5. The van der Waals surface area contributed by atoms with E-state index in [9.17, 15) is 0 Å². The first-order valence-electron chi connectivity index (χ1n) is 7.52. The molecule has 0 radical (unpaired) electrons. The van der Waals surface area contributed by atoms with Crippen molar-refractivity contribution in [3.8, 4) is 12.3 Å². The summed E-state index contributed by atoms with van der Waals surface area (Å²) < 4.78 is 0. The lowest BCUT2D eigenvalue weighted by Gasteiger charge is -2.10. The van der Waals surface area contributed by atoms with Gasteiger partial charge in [-0.2, -0.15) is 0 Å². The van der Waals surface area contributed by atoms with Crippen LogP contribution in [0.4, 0.5) is 0 Å². The van der Waals surface area contributed by atoms with Gasteiger partial charge in [0, 0.05) is 6.54 Å². The lowest BCUT2D eigenvalue weighted by molar-refractivity contribution is 0.418. The summed E-state index contributed by atoms with van der Waals surface area (Å²) in [6, 6.07) is 0. The van der Waals surface area contributed by atoms with Gasteiger partial charge in [0.2, 0.25) is 0 Å². The maximum Gasteiger partial charge on any atom is 0.0599 e. The maximum absolute atomic E-state index is 5.28. The third-order valence-corrected chi connectivity index (χ3v) is 3.24. The van der Waals surface area contributed by atoms with Crippen molar-refractivity contribution in [1.29, 1.82) is 0 Å². The van der Waals surface area contributed by atoms with E-state index >= 15 is 0 Å². The zero-order valence-corrected chi connectivity index (χ0v) is 14.0. The highest BCUT2D eigenvalue weighted by molar-refractivity contribution is 5.06. The molecular weight excluding hydrogens is 242 g/mol.